The molecule has 1 saturated heterocycles. The number of nitrogens with one attached hydrogen (secondary N) is 2. The monoisotopic (exact) mass is 723 g/mol. The highest BCUT2D eigenvalue weighted by Crippen LogP contribution is 2.31. The molecule has 3 heterocycles. The second-order valence-electron chi connectivity index (χ2n) is 14.0. The molecule has 276 valence electrons. The third-order valence-electron chi connectivity index (χ3n) is 9.79. The van der Waals surface area contributed by atoms with E-state index in [-0.39, 0.29) is 17.7 Å². The van der Waals surface area contributed by atoms with Crippen LogP contribution in [0.1, 0.15) is 49.2 Å². The number of hydrogen-bond acceptors (Lipinski definition) is 7. The van der Waals surface area contributed by atoms with E-state index in [4.69, 9.17) is 9.40 Å². The molecule has 0 aliphatic carbocycles. The van der Waals surface area contributed by atoms with Crippen molar-refractivity contribution in [1.82, 2.24) is 29.7 Å². The predicted octanol–water partition coefficient (Wildman–Crippen LogP) is 7.10. The van der Waals surface area contributed by atoms with Crippen molar-refractivity contribution >= 4 is 34.4 Å². The largest absolute Gasteiger partial charge is 0.436 e. The molecular weight excluding hydrogens is 679 g/mol. The molecule has 0 bridgehead atoms. The Labute approximate surface area is 315 Å². The molecule has 4 aromatic carbocycles. The molecule has 11 nitrogen and oxygen atoms in total. The molecule has 0 unspecified atom stereocenters. The fraction of sp³-hybridized carbons (Fsp3) is 0.279. The van der Waals surface area contributed by atoms with Gasteiger partial charge < -0.3 is 24.5 Å². The SMILES string of the molecule is CCCN(Cc1nc2ccc(-c3cnc(-c4cccc(NC(=O)[C@@H]5CCCN5C(=O)[C@@H](c5ccccc5)N(C)C)c4)o3)cc2[nH]1)C(=O)Cc1ccccc1. The highest BCUT2D eigenvalue weighted by Gasteiger charge is 2.38. The Morgan fingerprint density at radius 3 is 2.48 bits per heavy atom. The van der Waals surface area contributed by atoms with E-state index in [0.717, 1.165) is 40.6 Å². The Morgan fingerprint density at radius 2 is 1.72 bits per heavy atom. The molecule has 1 aliphatic rings. The van der Waals surface area contributed by atoms with Gasteiger partial charge in [0.25, 0.3) is 0 Å². The molecule has 54 heavy (non-hydrogen) atoms. The van der Waals surface area contributed by atoms with E-state index in [1.807, 2.05) is 127 Å². The number of amides is 3. The Bertz CT molecular complexity index is 2230. The minimum atomic E-state index is -0.567. The molecule has 7 rings (SSSR count). The van der Waals surface area contributed by atoms with Crippen molar-refractivity contribution in [3.63, 3.8) is 0 Å². The number of aromatic nitrogens is 3. The maximum absolute atomic E-state index is 13.8. The number of oxazole rings is 1. The van der Waals surface area contributed by atoms with E-state index >= 15 is 0 Å². The zero-order valence-corrected chi connectivity index (χ0v) is 30.9. The van der Waals surface area contributed by atoms with Gasteiger partial charge in [-0.25, -0.2) is 9.97 Å². The van der Waals surface area contributed by atoms with Crippen molar-refractivity contribution in [3.8, 4) is 22.8 Å². The number of H-pyrrole nitrogens is 1. The second-order valence-corrected chi connectivity index (χ2v) is 14.0. The summed E-state index contributed by atoms with van der Waals surface area (Å²) in [5, 5.41) is 3.04. The number of aromatic amines is 1. The standard InChI is InChI=1S/C43H45N7O4/c1-4-22-49(39(51)24-29-13-7-5-8-14-29)28-38-46-34-21-20-31(26-35(34)47-38)37-27-44-42(54-37)32-17-11-18-33(25-32)45-41(52)36-19-12-23-50(36)43(53)40(48(2)3)30-15-9-6-10-16-30/h5-11,13-18,20-21,25-27,36,40H,4,12,19,22-24,28H2,1-3H3,(H,45,52)(H,46,47)/t36-,40+/m0/s1. The highest BCUT2D eigenvalue weighted by atomic mass is 16.4. The van der Waals surface area contributed by atoms with Gasteiger partial charge in [-0.2, -0.15) is 0 Å². The van der Waals surface area contributed by atoms with E-state index in [0.29, 0.717) is 61.2 Å². The van der Waals surface area contributed by atoms with Crippen LogP contribution in [0.5, 0.6) is 0 Å². The van der Waals surface area contributed by atoms with Gasteiger partial charge in [-0.15, -0.1) is 0 Å². The molecular formula is C43H45N7O4. The van der Waals surface area contributed by atoms with Crippen molar-refractivity contribution in [1.29, 1.82) is 0 Å². The van der Waals surface area contributed by atoms with E-state index < -0.39 is 12.1 Å². The smallest absolute Gasteiger partial charge is 0.247 e. The lowest BCUT2D eigenvalue weighted by Crippen LogP contribution is -2.47. The van der Waals surface area contributed by atoms with Gasteiger partial charge in [0.15, 0.2) is 5.76 Å². The van der Waals surface area contributed by atoms with Gasteiger partial charge >= 0.3 is 0 Å². The highest BCUT2D eigenvalue weighted by molar-refractivity contribution is 5.98. The van der Waals surface area contributed by atoms with Crippen LogP contribution in [0.25, 0.3) is 33.8 Å². The number of likely N-dealkylation sites (N-methyl/N-ethyl adjacent to an activating group) is 1. The average molecular weight is 724 g/mol. The maximum atomic E-state index is 13.8. The lowest BCUT2D eigenvalue weighted by atomic mass is 10.0. The number of carbonyl (C=O) groups excluding carboxylic acids is 3. The molecule has 6 aromatic rings. The third kappa shape index (κ3) is 8.11. The van der Waals surface area contributed by atoms with Crippen LogP contribution in [0.2, 0.25) is 0 Å². The first kappa shape index (κ1) is 36.3. The lowest BCUT2D eigenvalue weighted by Gasteiger charge is -2.31. The second kappa shape index (κ2) is 16.3. The molecule has 11 heteroatoms. The first-order valence-electron chi connectivity index (χ1n) is 18.5. The fourth-order valence-corrected chi connectivity index (χ4v) is 7.17. The van der Waals surface area contributed by atoms with Crippen LogP contribution >= 0.6 is 0 Å². The van der Waals surface area contributed by atoms with Crippen LogP contribution in [-0.2, 0) is 27.3 Å². The molecule has 2 aromatic heterocycles. The van der Waals surface area contributed by atoms with Gasteiger partial charge in [0.05, 0.1) is 30.2 Å². The van der Waals surface area contributed by atoms with E-state index in [2.05, 4.69) is 22.2 Å². The summed E-state index contributed by atoms with van der Waals surface area (Å²) >= 11 is 0. The Balaban J connectivity index is 1.02. The molecule has 2 atom stereocenters. The van der Waals surface area contributed by atoms with Gasteiger partial charge in [-0.3, -0.25) is 19.3 Å². The zero-order chi connectivity index (χ0) is 37.6. The number of carbonyl (C=O) groups is 3. The Morgan fingerprint density at radius 1 is 0.944 bits per heavy atom. The normalized spacial score (nSPS) is 14.7. The van der Waals surface area contributed by atoms with Gasteiger partial charge in [0.2, 0.25) is 23.6 Å². The first-order chi connectivity index (χ1) is 26.3. The number of hydrogen-bond donors (Lipinski definition) is 2. The van der Waals surface area contributed by atoms with Crippen molar-refractivity contribution in [2.45, 2.75) is 51.2 Å². The molecule has 0 spiro atoms. The topological polar surface area (TPSA) is 128 Å². The van der Waals surface area contributed by atoms with Crippen molar-refractivity contribution in [2.75, 3.05) is 32.5 Å². The summed E-state index contributed by atoms with van der Waals surface area (Å²) in [5.74, 6) is 1.47. The first-order valence-corrected chi connectivity index (χ1v) is 18.5. The van der Waals surface area contributed by atoms with Crippen molar-refractivity contribution < 1.29 is 18.8 Å². The Kier molecular flexibility index (Phi) is 11.0. The van der Waals surface area contributed by atoms with Crippen LogP contribution in [0.15, 0.2) is 114 Å². The number of fused-ring (bicyclic) bond motifs is 1. The molecule has 0 radical (unpaired) electrons. The summed E-state index contributed by atoms with van der Waals surface area (Å²) in [6.07, 6.45) is 4.23. The summed E-state index contributed by atoms with van der Waals surface area (Å²) in [7, 11) is 3.76. The predicted molar refractivity (Wildman–Crippen MR) is 209 cm³/mol. The van der Waals surface area contributed by atoms with Gasteiger partial charge in [-0.1, -0.05) is 73.7 Å². The molecule has 0 saturated carbocycles. The fourth-order valence-electron chi connectivity index (χ4n) is 7.17. The van der Waals surface area contributed by atoms with Crippen LogP contribution in [0.3, 0.4) is 0 Å². The molecule has 3 amide bonds. The number of nitrogens with zero attached hydrogens (tertiary/aromatic N) is 5. The van der Waals surface area contributed by atoms with Crippen LogP contribution < -0.4 is 5.32 Å². The maximum Gasteiger partial charge on any atom is 0.247 e. The minimum absolute atomic E-state index is 0.0645. The summed E-state index contributed by atoms with van der Waals surface area (Å²) < 4.78 is 6.23. The number of imidazole rings is 1. The quantitative estimate of drug-likeness (QED) is 0.130. The lowest BCUT2D eigenvalue weighted by molar-refractivity contribution is -0.140. The Hall–Kier alpha value is -6.07. The number of benzene rings is 4. The van der Waals surface area contributed by atoms with E-state index in [1.54, 1.807) is 11.1 Å². The number of likely N-dealkylation sites (tertiary alicyclic amines) is 1. The van der Waals surface area contributed by atoms with Crippen molar-refractivity contribution in [3.05, 3.63) is 126 Å². The summed E-state index contributed by atoms with van der Waals surface area (Å²) in [5.41, 5.74) is 5.63. The van der Waals surface area contributed by atoms with Crippen LogP contribution in [-0.4, -0.2) is 80.6 Å². The van der Waals surface area contributed by atoms with E-state index in [1.165, 1.54) is 0 Å². The zero-order valence-electron chi connectivity index (χ0n) is 30.9. The number of rotatable bonds is 13. The summed E-state index contributed by atoms with van der Waals surface area (Å²) in [6, 6.07) is 31.6. The van der Waals surface area contributed by atoms with Gasteiger partial charge in [-0.05, 0) is 80.9 Å². The van der Waals surface area contributed by atoms with Crippen LogP contribution in [0, 0.1) is 0 Å². The average Bonchev–Trinajstić information content (AvgIpc) is 3.96. The third-order valence-corrected chi connectivity index (χ3v) is 9.79. The number of anilines is 1. The minimum Gasteiger partial charge on any atom is -0.436 e. The molecule has 1 aliphatic heterocycles. The van der Waals surface area contributed by atoms with Gasteiger partial charge in [0, 0.05) is 29.9 Å². The summed E-state index contributed by atoms with van der Waals surface area (Å²) in [4.78, 5) is 58.7. The van der Waals surface area contributed by atoms with E-state index in [9.17, 15) is 14.4 Å². The molecule has 2 N–H and O–H groups in total. The van der Waals surface area contributed by atoms with Crippen LogP contribution in [0.4, 0.5) is 5.69 Å². The summed E-state index contributed by atoms with van der Waals surface area (Å²) in [6.45, 7) is 3.63. The van der Waals surface area contributed by atoms with Crippen molar-refractivity contribution in [2.24, 2.45) is 0 Å². The molecule has 1 fully saturated rings. The van der Waals surface area contributed by atoms with Gasteiger partial charge in [0.1, 0.15) is 17.9 Å².